The van der Waals surface area contributed by atoms with Crippen LogP contribution < -0.4 is 4.90 Å². The van der Waals surface area contributed by atoms with Crippen LogP contribution in [0.1, 0.15) is 24.0 Å². The molecule has 3 rings (SSSR count). The third kappa shape index (κ3) is 3.41. The van der Waals surface area contributed by atoms with Gasteiger partial charge in [-0.2, -0.15) is 0 Å². The summed E-state index contributed by atoms with van der Waals surface area (Å²) in [6, 6.07) is 7.71. The van der Waals surface area contributed by atoms with Gasteiger partial charge in [0, 0.05) is 51.0 Å². The van der Waals surface area contributed by atoms with E-state index in [0.717, 1.165) is 6.04 Å². The fourth-order valence-electron chi connectivity index (χ4n) is 3.60. The molecule has 116 valence electrons. The van der Waals surface area contributed by atoms with Crippen molar-refractivity contribution in [3.8, 4) is 0 Å². The van der Waals surface area contributed by atoms with Crippen molar-refractivity contribution in [1.82, 2.24) is 9.80 Å². The lowest BCUT2D eigenvalue weighted by Crippen LogP contribution is -2.52. The van der Waals surface area contributed by atoms with Crippen LogP contribution >= 0.6 is 0 Å². The Labute approximate surface area is 129 Å². The molecule has 0 atom stereocenters. The monoisotopic (exact) mass is 287 g/mol. The second kappa shape index (κ2) is 6.37. The normalized spacial score (nSPS) is 22.7. The molecule has 21 heavy (non-hydrogen) atoms. The summed E-state index contributed by atoms with van der Waals surface area (Å²) < 4.78 is 0. The van der Waals surface area contributed by atoms with Crippen molar-refractivity contribution in [3.05, 3.63) is 29.3 Å². The lowest BCUT2D eigenvalue weighted by atomic mass is 10.0. The number of aryl methyl sites for hydroxylation is 2. The van der Waals surface area contributed by atoms with E-state index < -0.39 is 0 Å². The van der Waals surface area contributed by atoms with Gasteiger partial charge >= 0.3 is 0 Å². The highest BCUT2D eigenvalue weighted by molar-refractivity contribution is 5.50. The number of piperidine rings is 1. The van der Waals surface area contributed by atoms with Crippen LogP contribution in [0.15, 0.2) is 18.2 Å². The minimum atomic E-state index is 0.807. The van der Waals surface area contributed by atoms with Crippen LogP contribution in [0.25, 0.3) is 0 Å². The number of nitrogens with zero attached hydrogens (tertiary/aromatic N) is 3. The van der Waals surface area contributed by atoms with E-state index in [1.54, 1.807) is 0 Å². The van der Waals surface area contributed by atoms with Gasteiger partial charge in [0.2, 0.25) is 0 Å². The first-order chi connectivity index (χ1) is 10.1. The van der Waals surface area contributed by atoms with Gasteiger partial charge in [0.05, 0.1) is 0 Å². The standard InChI is InChI=1S/C18H29N3/c1-15-4-5-18(14-16(15)2)20-8-6-17(7-9-20)21-12-10-19(3)11-13-21/h4-5,14,17H,6-13H2,1-3H3. The summed E-state index contributed by atoms with van der Waals surface area (Å²) >= 11 is 0. The molecule has 2 aliphatic rings. The Hall–Kier alpha value is -1.06. The zero-order valence-electron chi connectivity index (χ0n) is 13.8. The van der Waals surface area contributed by atoms with E-state index in [-0.39, 0.29) is 0 Å². The molecule has 0 radical (unpaired) electrons. The van der Waals surface area contributed by atoms with Crippen molar-refractivity contribution in [2.75, 3.05) is 51.2 Å². The summed E-state index contributed by atoms with van der Waals surface area (Å²) in [6.07, 6.45) is 2.63. The smallest absolute Gasteiger partial charge is 0.0369 e. The molecule has 2 aliphatic heterocycles. The molecular weight excluding hydrogens is 258 g/mol. The van der Waals surface area contributed by atoms with Gasteiger partial charge in [-0.05, 0) is 57.0 Å². The van der Waals surface area contributed by atoms with Crippen LogP contribution in [-0.4, -0.2) is 62.2 Å². The summed E-state index contributed by atoms with van der Waals surface area (Å²) in [6.45, 7) is 11.8. The molecule has 0 aromatic heterocycles. The van der Waals surface area contributed by atoms with E-state index in [0.29, 0.717) is 0 Å². The predicted molar refractivity (Wildman–Crippen MR) is 90.2 cm³/mol. The van der Waals surface area contributed by atoms with Crippen molar-refractivity contribution in [1.29, 1.82) is 0 Å². The first-order valence-corrected chi connectivity index (χ1v) is 8.38. The molecule has 2 fully saturated rings. The minimum absolute atomic E-state index is 0.807. The Bertz CT molecular complexity index is 469. The fraction of sp³-hybridized carbons (Fsp3) is 0.667. The van der Waals surface area contributed by atoms with Crippen LogP contribution in [0.4, 0.5) is 5.69 Å². The van der Waals surface area contributed by atoms with Crippen molar-refractivity contribution >= 4 is 5.69 Å². The third-order valence-corrected chi connectivity index (χ3v) is 5.37. The van der Waals surface area contributed by atoms with Crippen molar-refractivity contribution in [2.24, 2.45) is 0 Å². The minimum Gasteiger partial charge on any atom is -0.371 e. The number of hydrogen-bond donors (Lipinski definition) is 0. The average molecular weight is 287 g/mol. The summed E-state index contributed by atoms with van der Waals surface area (Å²) in [5.74, 6) is 0. The molecule has 0 spiro atoms. The summed E-state index contributed by atoms with van der Waals surface area (Å²) in [5, 5.41) is 0. The number of anilines is 1. The van der Waals surface area contributed by atoms with Gasteiger partial charge in [0.25, 0.3) is 0 Å². The fourth-order valence-corrected chi connectivity index (χ4v) is 3.60. The van der Waals surface area contributed by atoms with Gasteiger partial charge in [0.15, 0.2) is 0 Å². The Morgan fingerprint density at radius 3 is 2.14 bits per heavy atom. The van der Waals surface area contributed by atoms with Gasteiger partial charge in [0.1, 0.15) is 0 Å². The largest absolute Gasteiger partial charge is 0.371 e. The molecule has 3 heteroatoms. The predicted octanol–water partition coefficient (Wildman–Crippen LogP) is 2.52. The number of rotatable bonds is 2. The highest BCUT2D eigenvalue weighted by Crippen LogP contribution is 2.25. The zero-order valence-corrected chi connectivity index (χ0v) is 13.8. The zero-order chi connectivity index (χ0) is 14.8. The van der Waals surface area contributed by atoms with E-state index in [4.69, 9.17) is 0 Å². The molecule has 0 saturated carbocycles. The van der Waals surface area contributed by atoms with E-state index in [2.05, 4.69) is 53.8 Å². The molecule has 2 heterocycles. The van der Waals surface area contributed by atoms with Crippen molar-refractivity contribution in [2.45, 2.75) is 32.7 Å². The van der Waals surface area contributed by atoms with Gasteiger partial charge in [-0.3, -0.25) is 4.90 Å². The second-order valence-corrected chi connectivity index (χ2v) is 6.83. The molecule has 0 N–H and O–H groups in total. The molecule has 0 amide bonds. The van der Waals surface area contributed by atoms with Crippen molar-refractivity contribution < 1.29 is 0 Å². The highest BCUT2D eigenvalue weighted by atomic mass is 15.3. The van der Waals surface area contributed by atoms with Crippen LogP contribution in [-0.2, 0) is 0 Å². The van der Waals surface area contributed by atoms with Crippen LogP contribution in [0, 0.1) is 13.8 Å². The maximum absolute atomic E-state index is 2.72. The second-order valence-electron chi connectivity index (χ2n) is 6.83. The van der Waals surface area contributed by atoms with Gasteiger partial charge in [-0.1, -0.05) is 6.07 Å². The highest BCUT2D eigenvalue weighted by Gasteiger charge is 2.26. The number of likely N-dealkylation sites (N-methyl/N-ethyl adjacent to an activating group) is 1. The van der Waals surface area contributed by atoms with E-state index in [9.17, 15) is 0 Å². The Balaban J connectivity index is 1.56. The molecule has 3 nitrogen and oxygen atoms in total. The Kier molecular flexibility index (Phi) is 4.51. The molecule has 1 aromatic rings. The van der Waals surface area contributed by atoms with Gasteiger partial charge < -0.3 is 9.80 Å². The average Bonchev–Trinajstić information content (AvgIpc) is 2.51. The van der Waals surface area contributed by atoms with Crippen LogP contribution in [0.2, 0.25) is 0 Å². The molecule has 2 saturated heterocycles. The summed E-state index contributed by atoms with van der Waals surface area (Å²) in [7, 11) is 2.24. The van der Waals surface area contributed by atoms with Gasteiger partial charge in [-0.25, -0.2) is 0 Å². The van der Waals surface area contributed by atoms with E-state index >= 15 is 0 Å². The first-order valence-electron chi connectivity index (χ1n) is 8.38. The van der Waals surface area contributed by atoms with Crippen LogP contribution in [0.3, 0.4) is 0 Å². The third-order valence-electron chi connectivity index (χ3n) is 5.37. The topological polar surface area (TPSA) is 9.72 Å². The lowest BCUT2D eigenvalue weighted by Gasteiger charge is -2.42. The number of piperazine rings is 1. The summed E-state index contributed by atoms with van der Waals surface area (Å²) in [4.78, 5) is 7.73. The lowest BCUT2D eigenvalue weighted by molar-refractivity contribution is 0.0982. The molecule has 1 aromatic carbocycles. The maximum Gasteiger partial charge on any atom is 0.0369 e. The molecular formula is C18H29N3. The van der Waals surface area contributed by atoms with E-state index in [1.165, 1.54) is 68.9 Å². The van der Waals surface area contributed by atoms with E-state index in [1.807, 2.05) is 0 Å². The van der Waals surface area contributed by atoms with Crippen molar-refractivity contribution in [3.63, 3.8) is 0 Å². The molecule has 0 bridgehead atoms. The molecule has 0 unspecified atom stereocenters. The Morgan fingerprint density at radius 1 is 0.857 bits per heavy atom. The van der Waals surface area contributed by atoms with Crippen LogP contribution in [0.5, 0.6) is 0 Å². The SMILES string of the molecule is Cc1ccc(N2CCC(N3CCN(C)CC3)CC2)cc1C. The first kappa shape index (κ1) is 14.9. The van der Waals surface area contributed by atoms with Gasteiger partial charge in [-0.15, -0.1) is 0 Å². The summed E-state index contributed by atoms with van der Waals surface area (Å²) in [5.41, 5.74) is 4.22. The number of hydrogen-bond acceptors (Lipinski definition) is 3. The number of benzene rings is 1. The maximum atomic E-state index is 2.72. The molecule has 0 aliphatic carbocycles. The quantitative estimate of drug-likeness (QED) is 0.827. The Morgan fingerprint density at radius 2 is 1.52 bits per heavy atom.